The maximum Gasteiger partial charge on any atom is 0.406 e. The highest BCUT2D eigenvalue weighted by Gasteiger charge is 2.36. The second-order valence-electron chi connectivity index (χ2n) is 10.4. The first kappa shape index (κ1) is 27.0. The van der Waals surface area contributed by atoms with Gasteiger partial charge < -0.3 is 30.3 Å². The molecule has 4 atom stereocenters. The average Bonchev–Trinajstić information content (AvgIpc) is 3.44. The number of amides is 3. The molecule has 4 rings (SSSR count). The standard InChI is InChI=1S/C27H41ClN4O4/c1-35-27(34)30-13-15-36-25(20-8-4-10-22(28)16-20)21-9-5-14-32(18-21)26(33)31-24-17-29-12-11-23(24)19-6-2-3-7-19/h4,8,10,16,19,21,23-25,29H,2-3,5-7,9,11-15,17-18H2,1H3,(H,30,34)(H,31,33)/t21?,23-,24+,25-/m0/s1. The predicted molar refractivity (Wildman–Crippen MR) is 140 cm³/mol. The van der Waals surface area contributed by atoms with Crippen molar-refractivity contribution in [2.24, 2.45) is 17.8 Å². The fraction of sp³-hybridized carbons (Fsp3) is 0.704. The summed E-state index contributed by atoms with van der Waals surface area (Å²) in [7, 11) is 1.34. The minimum Gasteiger partial charge on any atom is -0.453 e. The van der Waals surface area contributed by atoms with Gasteiger partial charge >= 0.3 is 12.1 Å². The van der Waals surface area contributed by atoms with E-state index in [4.69, 9.17) is 16.3 Å². The zero-order chi connectivity index (χ0) is 25.3. The van der Waals surface area contributed by atoms with Crippen LogP contribution in [0.25, 0.3) is 0 Å². The van der Waals surface area contributed by atoms with Crippen LogP contribution >= 0.6 is 11.6 Å². The van der Waals surface area contributed by atoms with Crippen molar-refractivity contribution in [2.45, 2.75) is 57.1 Å². The summed E-state index contributed by atoms with van der Waals surface area (Å²) in [6, 6.07) is 7.95. The van der Waals surface area contributed by atoms with Gasteiger partial charge in [-0.25, -0.2) is 9.59 Å². The molecule has 2 saturated heterocycles. The Morgan fingerprint density at radius 3 is 2.81 bits per heavy atom. The highest BCUT2D eigenvalue weighted by atomic mass is 35.5. The summed E-state index contributed by atoms with van der Waals surface area (Å²) in [5.74, 6) is 1.45. The van der Waals surface area contributed by atoms with Gasteiger partial charge in [0.05, 0.1) is 19.8 Å². The van der Waals surface area contributed by atoms with Gasteiger partial charge in [0.1, 0.15) is 0 Å². The van der Waals surface area contributed by atoms with Crippen LogP contribution in [-0.4, -0.2) is 69.5 Å². The molecule has 36 heavy (non-hydrogen) atoms. The molecule has 1 aliphatic carbocycles. The van der Waals surface area contributed by atoms with E-state index in [9.17, 15) is 9.59 Å². The van der Waals surface area contributed by atoms with Gasteiger partial charge in [-0.1, -0.05) is 49.4 Å². The molecule has 3 aliphatic rings. The highest BCUT2D eigenvalue weighted by Crippen LogP contribution is 2.37. The lowest BCUT2D eigenvalue weighted by atomic mass is 9.80. The fourth-order valence-corrected chi connectivity index (χ4v) is 6.48. The minimum absolute atomic E-state index is 0.0357. The lowest BCUT2D eigenvalue weighted by Gasteiger charge is -2.40. The van der Waals surface area contributed by atoms with E-state index in [1.54, 1.807) is 0 Å². The second-order valence-corrected chi connectivity index (χ2v) is 10.8. The van der Waals surface area contributed by atoms with Crippen LogP contribution in [0.1, 0.15) is 56.6 Å². The molecule has 0 spiro atoms. The number of nitrogens with zero attached hydrogens (tertiary/aromatic N) is 1. The number of alkyl carbamates (subject to hydrolysis) is 1. The zero-order valence-electron chi connectivity index (χ0n) is 21.3. The normalized spacial score (nSPS) is 25.8. The van der Waals surface area contributed by atoms with Gasteiger partial charge in [-0.15, -0.1) is 0 Å². The second kappa shape index (κ2) is 13.5. The van der Waals surface area contributed by atoms with Crippen LogP contribution in [-0.2, 0) is 9.47 Å². The molecule has 1 aromatic rings. The van der Waals surface area contributed by atoms with E-state index >= 15 is 0 Å². The quantitative estimate of drug-likeness (QED) is 0.443. The number of hydrogen-bond donors (Lipinski definition) is 3. The first-order valence-electron chi connectivity index (χ1n) is 13.5. The van der Waals surface area contributed by atoms with E-state index in [2.05, 4.69) is 20.7 Å². The SMILES string of the molecule is COC(=O)NCCO[C@@H](c1cccc(Cl)c1)C1CCCN(C(=O)N[C@@H]2CNCC[C@H]2C2CCCC2)C1. The Balaban J connectivity index is 1.39. The zero-order valence-corrected chi connectivity index (χ0v) is 22.1. The maximum atomic E-state index is 13.4. The molecule has 200 valence electrons. The Hall–Kier alpha value is -2.03. The number of hydrogen-bond acceptors (Lipinski definition) is 5. The molecule has 0 radical (unpaired) electrons. The lowest BCUT2D eigenvalue weighted by Crippen LogP contribution is -2.57. The number of ether oxygens (including phenoxy) is 2. The summed E-state index contributed by atoms with van der Waals surface area (Å²) < 4.78 is 10.9. The molecule has 8 nitrogen and oxygen atoms in total. The first-order valence-corrected chi connectivity index (χ1v) is 13.9. The van der Waals surface area contributed by atoms with Crippen LogP contribution in [0.3, 0.4) is 0 Å². The largest absolute Gasteiger partial charge is 0.453 e. The third-order valence-electron chi connectivity index (χ3n) is 8.05. The van der Waals surface area contributed by atoms with E-state index in [1.165, 1.54) is 32.8 Å². The van der Waals surface area contributed by atoms with Crippen molar-refractivity contribution in [1.29, 1.82) is 0 Å². The van der Waals surface area contributed by atoms with Crippen molar-refractivity contribution >= 4 is 23.7 Å². The number of rotatable bonds is 8. The van der Waals surface area contributed by atoms with E-state index < -0.39 is 6.09 Å². The molecule has 0 bridgehead atoms. The van der Waals surface area contributed by atoms with Gasteiger partial charge in [-0.2, -0.15) is 0 Å². The molecule has 9 heteroatoms. The Bertz CT molecular complexity index is 866. The molecular weight excluding hydrogens is 480 g/mol. The van der Waals surface area contributed by atoms with Crippen LogP contribution in [0.4, 0.5) is 9.59 Å². The Kier molecular flexibility index (Phi) is 10.1. The molecule has 2 heterocycles. The van der Waals surface area contributed by atoms with Crippen LogP contribution in [0.2, 0.25) is 5.02 Å². The van der Waals surface area contributed by atoms with Crippen LogP contribution in [0, 0.1) is 17.8 Å². The number of carbonyl (C=O) groups excluding carboxylic acids is 2. The smallest absolute Gasteiger partial charge is 0.406 e. The van der Waals surface area contributed by atoms with Gasteiger partial charge in [0.2, 0.25) is 0 Å². The van der Waals surface area contributed by atoms with Gasteiger partial charge in [-0.3, -0.25) is 0 Å². The summed E-state index contributed by atoms with van der Waals surface area (Å²) in [6.07, 6.45) is 7.57. The Labute approximate surface area is 219 Å². The average molecular weight is 521 g/mol. The van der Waals surface area contributed by atoms with Gasteiger partial charge in [0.25, 0.3) is 0 Å². The molecule has 2 aliphatic heterocycles. The number of carbonyl (C=O) groups is 2. The Morgan fingerprint density at radius 2 is 2.03 bits per heavy atom. The van der Waals surface area contributed by atoms with E-state index in [0.29, 0.717) is 30.6 Å². The maximum absolute atomic E-state index is 13.4. The molecular formula is C27H41ClN4O4. The molecule has 1 saturated carbocycles. The van der Waals surface area contributed by atoms with E-state index in [0.717, 1.165) is 50.4 Å². The molecule has 3 N–H and O–H groups in total. The van der Waals surface area contributed by atoms with Gasteiger partial charge in [-0.05, 0) is 55.3 Å². The van der Waals surface area contributed by atoms with Crippen molar-refractivity contribution in [3.8, 4) is 0 Å². The molecule has 3 amide bonds. The van der Waals surface area contributed by atoms with Crippen LogP contribution in [0.5, 0.6) is 0 Å². The number of piperidine rings is 2. The monoisotopic (exact) mass is 520 g/mol. The minimum atomic E-state index is -0.480. The summed E-state index contributed by atoms with van der Waals surface area (Å²) in [5, 5.41) is 10.2. The summed E-state index contributed by atoms with van der Waals surface area (Å²) in [4.78, 5) is 26.8. The highest BCUT2D eigenvalue weighted by molar-refractivity contribution is 6.30. The molecule has 0 aromatic heterocycles. The van der Waals surface area contributed by atoms with E-state index in [1.807, 2.05) is 29.2 Å². The van der Waals surface area contributed by atoms with Crippen molar-refractivity contribution in [1.82, 2.24) is 20.9 Å². The van der Waals surface area contributed by atoms with Gasteiger partial charge in [0.15, 0.2) is 0 Å². The Morgan fingerprint density at radius 1 is 1.19 bits per heavy atom. The van der Waals surface area contributed by atoms with Crippen molar-refractivity contribution in [2.75, 3.05) is 46.4 Å². The van der Waals surface area contributed by atoms with Gasteiger partial charge in [0, 0.05) is 43.2 Å². The topological polar surface area (TPSA) is 91.9 Å². The van der Waals surface area contributed by atoms with Crippen molar-refractivity contribution < 1.29 is 19.1 Å². The summed E-state index contributed by atoms with van der Waals surface area (Å²) in [6.45, 7) is 3.96. The summed E-state index contributed by atoms with van der Waals surface area (Å²) >= 11 is 6.30. The summed E-state index contributed by atoms with van der Waals surface area (Å²) in [5.41, 5.74) is 0.991. The molecule has 3 fully saturated rings. The fourth-order valence-electron chi connectivity index (χ4n) is 6.28. The first-order chi connectivity index (χ1) is 17.5. The number of methoxy groups -OCH3 is 1. The number of likely N-dealkylation sites (tertiary alicyclic amines) is 1. The van der Waals surface area contributed by atoms with Crippen molar-refractivity contribution in [3.63, 3.8) is 0 Å². The predicted octanol–water partition coefficient (Wildman–Crippen LogP) is 4.34. The number of halogens is 1. The van der Waals surface area contributed by atoms with Crippen molar-refractivity contribution in [3.05, 3.63) is 34.9 Å². The lowest BCUT2D eigenvalue weighted by molar-refractivity contribution is -0.00883. The number of nitrogens with one attached hydrogen (secondary N) is 3. The van der Waals surface area contributed by atoms with E-state index in [-0.39, 0.29) is 24.1 Å². The number of benzene rings is 1. The molecule has 1 unspecified atom stereocenters. The third kappa shape index (κ3) is 7.26. The third-order valence-corrected chi connectivity index (χ3v) is 8.29. The van der Waals surface area contributed by atoms with Crippen LogP contribution < -0.4 is 16.0 Å². The van der Waals surface area contributed by atoms with Crippen LogP contribution in [0.15, 0.2) is 24.3 Å². The molecule has 1 aromatic carbocycles. The number of urea groups is 1.